The van der Waals surface area contributed by atoms with Crippen molar-refractivity contribution in [3.63, 3.8) is 0 Å². The van der Waals surface area contributed by atoms with Crippen LogP contribution in [0.5, 0.6) is 0 Å². The van der Waals surface area contributed by atoms with Gasteiger partial charge in [-0.2, -0.15) is 5.10 Å². The van der Waals surface area contributed by atoms with Crippen LogP contribution in [0.15, 0.2) is 34.2 Å². The molecule has 2 rings (SSSR count). The highest BCUT2D eigenvalue weighted by Crippen LogP contribution is 2.17. The van der Waals surface area contributed by atoms with E-state index in [0.29, 0.717) is 0 Å². The molecule has 2 heterocycles. The van der Waals surface area contributed by atoms with Crippen LogP contribution in [0.2, 0.25) is 0 Å². The predicted octanol–water partition coefficient (Wildman–Crippen LogP) is -0.992. The molecule has 4 N–H and O–H groups in total. The highest BCUT2D eigenvalue weighted by molar-refractivity contribution is 7.89. The summed E-state index contributed by atoms with van der Waals surface area (Å²) in [6.07, 6.45) is 2.38. The molecule has 20 heavy (non-hydrogen) atoms. The van der Waals surface area contributed by atoms with Crippen molar-refractivity contribution in [2.75, 3.05) is 5.32 Å². The zero-order chi connectivity index (χ0) is 14.9. The van der Waals surface area contributed by atoms with Crippen molar-refractivity contribution in [3.05, 3.63) is 40.4 Å². The minimum absolute atomic E-state index is 0.149. The first kappa shape index (κ1) is 14.0. The van der Waals surface area contributed by atoms with E-state index < -0.39 is 15.9 Å². The lowest BCUT2D eigenvalue weighted by Crippen LogP contribution is -2.18. The van der Waals surface area contributed by atoms with Crippen molar-refractivity contribution < 1.29 is 13.2 Å². The minimum Gasteiger partial charge on any atom is -0.328 e. The lowest BCUT2D eigenvalue weighted by Gasteiger charge is -2.03. The number of nitrogens with one attached hydrogen (secondary N) is 2. The maximum atomic E-state index is 11.9. The fourth-order valence-corrected chi connectivity index (χ4v) is 2.15. The molecule has 0 saturated carbocycles. The fraction of sp³-hybridized carbons (Fsp3) is 0.100. The van der Waals surface area contributed by atoms with Crippen LogP contribution in [0.3, 0.4) is 0 Å². The van der Waals surface area contributed by atoms with Gasteiger partial charge in [-0.1, -0.05) is 0 Å². The molecule has 2 aromatic heterocycles. The van der Waals surface area contributed by atoms with E-state index in [-0.39, 0.29) is 21.8 Å². The number of H-pyrrole nitrogens is 1. The second-order valence-corrected chi connectivity index (χ2v) is 5.49. The van der Waals surface area contributed by atoms with Crippen molar-refractivity contribution >= 4 is 21.7 Å². The molecule has 10 heteroatoms. The first-order chi connectivity index (χ1) is 9.27. The monoisotopic (exact) mass is 297 g/mol. The molecule has 0 aliphatic carbocycles. The number of amides is 1. The topological polar surface area (TPSA) is 140 Å². The number of rotatable bonds is 3. The standard InChI is InChI=1S/C10H11N5O4S/c1-15-5-7(20(11,18)19)9(14-15)13-10(17)6-2-3-8(16)12-4-6/h2-5H,1H3,(H,12,16)(H2,11,18,19)(H,13,14,17). The Morgan fingerprint density at radius 2 is 2.15 bits per heavy atom. The molecule has 0 fully saturated rings. The second-order valence-electron chi connectivity index (χ2n) is 3.96. The number of sulfonamides is 1. The molecule has 2 aromatic rings. The number of aryl methyl sites for hydroxylation is 1. The molecule has 0 atom stereocenters. The number of aromatic amines is 1. The van der Waals surface area contributed by atoms with Gasteiger partial charge in [-0.05, 0) is 6.07 Å². The van der Waals surface area contributed by atoms with Gasteiger partial charge in [0.15, 0.2) is 5.82 Å². The molecule has 0 unspecified atom stereocenters. The number of carbonyl (C=O) groups is 1. The Balaban J connectivity index is 2.33. The zero-order valence-electron chi connectivity index (χ0n) is 10.3. The number of nitrogens with zero attached hydrogens (tertiary/aromatic N) is 2. The van der Waals surface area contributed by atoms with E-state index in [4.69, 9.17) is 5.14 Å². The highest BCUT2D eigenvalue weighted by atomic mass is 32.2. The largest absolute Gasteiger partial charge is 0.328 e. The van der Waals surface area contributed by atoms with Gasteiger partial charge in [0.2, 0.25) is 15.6 Å². The fourth-order valence-electron chi connectivity index (χ4n) is 1.49. The van der Waals surface area contributed by atoms with Crippen LogP contribution in [0, 0.1) is 0 Å². The molecular formula is C10H11N5O4S. The van der Waals surface area contributed by atoms with Gasteiger partial charge in [0.1, 0.15) is 4.90 Å². The third-order valence-electron chi connectivity index (χ3n) is 2.38. The van der Waals surface area contributed by atoms with Gasteiger partial charge >= 0.3 is 0 Å². The van der Waals surface area contributed by atoms with Gasteiger partial charge in [-0.25, -0.2) is 13.6 Å². The SMILES string of the molecule is Cn1cc(S(N)(=O)=O)c(NC(=O)c2ccc(=O)[nH]c2)n1. The van der Waals surface area contributed by atoms with Crippen molar-refractivity contribution in [3.8, 4) is 0 Å². The number of anilines is 1. The van der Waals surface area contributed by atoms with Crippen molar-refractivity contribution in [2.45, 2.75) is 4.90 Å². The van der Waals surface area contributed by atoms with E-state index in [0.717, 1.165) is 0 Å². The molecule has 106 valence electrons. The summed E-state index contributed by atoms with van der Waals surface area (Å²) in [5.74, 6) is -0.795. The molecular weight excluding hydrogens is 286 g/mol. The Kier molecular flexibility index (Phi) is 3.42. The van der Waals surface area contributed by atoms with Crippen molar-refractivity contribution in [1.29, 1.82) is 0 Å². The summed E-state index contributed by atoms with van der Waals surface area (Å²) < 4.78 is 23.9. The molecule has 0 bridgehead atoms. The maximum absolute atomic E-state index is 11.9. The number of nitrogens with two attached hydrogens (primary N) is 1. The van der Waals surface area contributed by atoms with Gasteiger partial charge < -0.3 is 10.3 Å². The highest BCUT2D eigenvalue weighted by Gasteiger charge is 2.20. The van der Waals surface area contributed by atoms with E-state index in [1.54, 1.807) is 0 Å². The zero-order valence-corrected chi connectivity index (χ0v) is 11.1. The molecule has 0 aliphatic heterocycles. The lowest BCUT2D eigenvalue weighted by molar-refractivity contribution is 0.102. The number of hydrogen-bond acceptors (Lipinski definition) is 5. The van der Waals surface area contributed by atoms with Gasteiger partial charge in [0.05, 0.1) is 5.56 Å². The van der Waals surface area contributed by atoms with E-state index in [1.807, 2.05) is 0 Å². The molecule has 0 aromatic carbocycles. The summed E-state index contributed by atoms with van der Waals surface area (Å²) in [5.41, 5.74) is -0.208. The predicted molar refractivity (Wildman–Crippen MR) is 69.6 cm³/mol. The normalized spacial score (nSPS) is 11.3. The third kappa shape index (κ3) is 2.92. The number of pyridine rings is 1. The molecule has 1 amide bonds. The number of hydrogen-bond donors (Lipinski definition) is 3. The first-order valence-corrected chi connectivity index (χ1v) is 6.88. The number of aromatic nitrogens is 3. The van der Waals surface area contributed by atoms with Crippen LogP contribution in [-0.4, -0.2) is 29.1 Å². The van der Waals surface area contributed by atoms with Crippen LogP contribution in [0.25, 0.3) is 0 Å². The van der Waals surface area contributed by atoms with Gasteiger partial charge in [-0.3, -0.25) is 14.3 Å². The smallest absolute Gasteiger partial charge is 0.258 e. The quantitative estimate of drug-likeness (QED) is 0.667. The van der Waals surface area contributed by atoms with E-state index in [1.165, 1.54) is 36.3 Å². The average molecular weight is 297 g/mol. The Bertz CT molecular complexity index is 800. The summed E-state index contributed by atoms with van der Waals surface area (Å²) in [5, 5.41) is 11.2. The van der Waals surface area contributed by atoms with E-state index >= 15 is 0 Å². The maximum Gasteiger partial charge on any atom is 0.258 e. The number of primary sulfonamides is 1. The van der Waals surface area contributed by atoms with Crippen molar-refractivity contribution in [1.82, 2.24) is 14.8 Å². The second kappa shape index (κ2) is 4.90. The summed E-state index contributed by atoms with van der Waals surface area (Å²) in [6, 6.07) is 2.47. The third-order valence-corrected chi connectivity index (χ3v) is 3.29. The Hall–Kier alpha value is -2.46. The molecule has 0 radical (unpaired) electrons. The summed E-state index contributed by atoms with van der Waals surface area (Å²) >= 11 is 0. The summed E-state index contributed by atoms with van der Waals surface area (Å²) in [6.45, 7) is 0. The van der Waals surface area contributed by atoms with Gasteiger partial charge in [0, 0.05) is 25.5 Å². The van der Waals surface area contributed by atoms with Crippen LogP contribution < -0.4 is 16.0 Å². The van der Waals surface area contributed by atoms with Gasteiger partial charge in [0.25, 0.3) is 5.91 Å². The first-order valence-electron chi connectivity index (χ1n) is 5.34. The average Bonchev–Trinajstić information content (AvgIpc) is 2.71. The van der Waals surface area contributed by atoms with Crippen LogP contribution in [0.1, 0.15) is 10.4 Å². The summed E-state index contributed by atoms with van der Waals surface area (Å²) in [7, 11) is -2.51. The van der Waals surface area contributed by atoms with Crippen LogP contribution in [0.4, 0.5) is 5.82 Å². The Labute approximate surface area is 113 Å². The van der Waals surface area contributed by atoms with Crippen molar-refractivity contribution in [2.24, 2.45) is 12.2 Å². The molecule has 0 spiro atoms. The minimum atomic E-state index is -4.00. The number of carbonyl (C=O) groups excluding carboxylic acids is 1. The Morgan fingerprint density at radius 3 is 2.70 bits per heavy atom. The van der Waals surface area contributed by atoms with Gasteiger partial charge in [-0.15, -0.1) is 0 Å². The molecule has 0 aliphatic rings. The van der Waals surface area contributed by atoms with E-state index in [9.17, 15) is 18.0 Å². The molecule has 9 nitrogen and oxygen atoms in total. The van der Waals surface area contributed by atoms with Crippen LogP contribution >= 0.6 is 0 Å². The molecule has 0 saturated heterocycles. The summed E-state index contributed by atoms with van der Waals surface area (Å²) in [4.78, 5) is 24.8. The van der Waals surface area contributed by atoms with Crippen LogP contribution in [-0.2, 0) is 17.1 Å². The van der Waals surface area contributed by atoms with E-state index in [2.05, 4.69) is 15.4 Å². The lowest BCUT2D eigenvalue weighted by atomic mass is 10.3. The Morgan fingerprint density at radius 1 is 1.45 bits per heavy atom.